The van der Waals surface area contributed by atoms with E-state index in [-0.39, 0.29) is 5.82 Å². The van der Waals surface area contributed by atoms with Gasteiger partial charge in [-0.05, 0) is 56.2 Å². The van der Waals surface area contributed by atoms with Crippen molar-refractivity contribution >= 4 is 0 Å². The molecule has 1 unspecified atom stereocenters. The van der Waals surface area contributed by atoms with Gasteiger partial charge in [0, 0.05) is 18.0 Å². The van der Waals surface area contributed by atoms with E-state index in [4.69, 9.17) is 0 Å². The summed E-state index contributed by atoms with van der Waals surface area (Å²) in [4.78, 5) is 8.81. The van der Waals surface area contributed by atoms with E-state index in [2.05, 4.69) is 16.9 Å². The number of nitrogens with zero attached hydrogens (tertiary/aromatic N) is 2. The number of hydrogen-bond donors (Lipinski definition) is 0. The lowest BCUT2D eigenvalue weighted by Gasteiger charge is -2.07. The van der Waals surface area contributed by atoms with Crippen LogP contribution >= 0.6 is 0 Å². The molecule has 0 saturated carbocycles. The number of halogens is 2. The third-order valence-electron chi connectivity index (χ3n) is 4.88. The van der Waals surface area contributed by atoms with Gasteiger partial charge in [-0.2, -0.15) is 0 Å². The fourth-order valence-electron chi connectivity index (χ4n) is 3.21. The van der Waals surface area contributed by atoms with Crippen molar-refractivity contribution in [3.63, 3.8) is 0 Å². The minimum atomic E-state index is -0.837. The molecule has 0 fully saturated rings. The van der Waals surface area contributed by atoms with E-state index in [9.17, 15) is 8.78 Å². The van der Waals surface area contributed by atoms with E-state index in [1.54, 1.807) is 6.07 Å². The topological polar surface area (TPSA) is 25.8 Å². The predicted octanol–water partition coefficient (Wildman–Crippen LogP) is 6.87. The normalized spacial score (nSPS) is 12.3. The summed E-state index contributed by atoms with van der Waals surface area (Å²) in [7, 11) is 0. The van der Waals surface area contributed by atoms with Crippen LogP contribution in [-0.2, 0) is 12.8 Å². The molecule has 1 heterocycles. The van der Waals surface area contributed by atoms with Crippen LogP contribution in [0.4, 0.5) is 8.78 Å². The van der Waals surface area contributed by atoms with Crippen LogP contribution in [0.2, 0.25) is 0 Å². The average Bonchev–Trinajstić information content (AvgIpc) is 2.66. The zero-order chi connectivity index (χ0) is 19.5. The lowest BCUT2D eigenvalue weighted by Crippen LogP contribution is -1.98. The molecule has 0 bridgehead atoms. The molecule has 0 aliphatic heterocycles. The van der Waals surface area contributed by atoms with E-state index in [1.807, 2.05) is 18.5 Å². The van der Waals surface area contributed by atoms with Crippen molar-refractivity contribution in [2.24, 2.45) is 0 Å². The number of aryl methyl sites for hydroxylation is 2. The first kappa shape index (κ1) is 21.5. The molecule has 1 atom stereocenters. The minimum Gasteiger partial charge on any atom is -0.248 e. The Morgan fingerprint density at radius 3 is 2.30 bits per heavy atom. The molecule has 0 amide bonds. The average molecular weight is 375 g/mol. The van der Waals surface area contributed by atoms with Gasteiger partial charge in [-0.15, -0.1) is 0 Å². The van der Waals surface area contributed by atoms with Crippen molar-refractivity contribution in [2.75, 3.05) is 0 Å². The summed E-state index contributed by atoms with van der Waals surface area (Å²) in [6.45, 7) is 3.76. The van der Waals surface area contributed by atoms with Gasteiger partial charge in [0.15, 0.2) is 5.82 Å². The quantitative estimate of drug-likeness (QED) is 0.379. The highest BCUT2D eigenvalue weighted by Gasteiger charge is 2.08. The third kappa shape index (κ3) is 7.74. The van der Waals surface area contributed by atoms with Crippen LogP contribution in [0.25, 0.3) is 11.4 Å². The Kier molecular flexibility index (Phi) is 9.37. The van der Waals surface area contributed by atoms with Crippen molar-refractivity contribution in [2.45, 2.75) is 84.2 Å². The molecule has 1 aromatic heterocycles. The Hall–Kier alpha value is -1.84. The maximum Gasteiger partial charge on any atom is 0.159 e. The smallest absolute Gasteiger partial charge is 0.159 e. The van der Waals surface area contributed by atoms with Gasteiger partial charge in [0.05, 0.1) is 6.17 Å². The fraction of sp³-hybridized carbons (Fsp3) is 0.565. The molecule has 0 aliphatic rings. The molecule has 1 aromatic carbocycles. The molecule has 0 N–H and O–H groups in total. The van der Waals surface area contributed by atoms with Crippen molar-refractivity contribution in [1.29, 1.82) is 0 Å². The summed E-state index contributed by atoms with van der Waals surface area (Å²) in [6, 6.07) is 5.10. The van der Waals surface area contributed by atoms with Crippen LogP contribution in [0.1, 0.15) is 76.3 Å². The van der Waals surface area contributed by atoms with Crippen LogP contribution < -0.4 is 0 Å². The summed E-state index contributed by atoms with van der Waals surface area (Å²) < 4.78 is 27.1. The molecule has 148 valence electrons. The first-order chi connectivity index (χ1) is 13.1. The Balaban J connectivity index is 1.86. The number of rotatable bonds is 12. The molecule has 0 spiro atoms. The van der Waals surface area contributed by atoms with Crippen LogP contribution in [0.5, 0.6) is 0 Å². The van der Waals surface area contributed by atoms with Crippen molar-refractivity contribution in [1.82, 2.24) is 9.97 Å². The molecule has 2 nitrogen and oxygen atoms in total. The van der Waals surface area contributed by atoms with E-state index < -0.39 is 6.17 Å². The van der Waals surface area contributed by atoms with Crippen LogP contribution in [0, 0.1) is 5.82 Å². The number of hydrogen-bond acceptors (Lipinski definition) is 2. The molecule has 2 aromatic rings. The summed E-state index contributed by atoms with van der Waals surface area (Å²) in [6.07, 6.45) is 13.1. The monoisotopic (exact) mass is 374 g/mol. The highest BCUT2D eigenvalue weighted by Crippen LogP contribution is 2.20. The molecule has 4 heteroatoms. The van der Waals surface area contributed by atoms with Gasteiger partial charge in [0.1, 0.15) is 5.82 Å². The molecule has 0 radical (unpaired) electrons. The summed E-state index contributed by atoms with van der Waals surface area (Å²) in [5.41, 5.74) is 2.44. The van der Waals surface area contributed by atoms with E-state index >= 15 is 0 Å². The maximum atomic E-state index is 14.3. The van der Waals surface area contributed by atoms with Gasteiger partial charge < -0.3 is 0 Å². The van der Waals surface area contributed by atoms with Gasteiger partial charge in [-0.3, -0.25) is 0 Å². The van der Waals surface area contributed by atoms with Crippen LogP contribution in [0.3, 0.4) is 0 Å². The molecule has 0 saturated heterocycles. The SMILES string of the molecule is CCCCCCCCc1cnc(-c2ccc(CCCC(C)F)c(F)c2)nc1. The second-order valence-corrected chi connectivity index (χ2v) is 7.41. The van der Waals surface area contributed by atoms with E-state index in [0.29, 0.717) is 36.2 Å². The van der Waals surface area contributed by atoms with Gasteiger partial charge in [-0.1, -0.05) is 51.2 Å². The number of aromatic nitrogens is 2. The first-order valence-corrected chi connectivity index (χ1v) is 10.3. The summed E-state index contributed by atoms with van der Waals surface area (Å²) in [5.74, 6) is 0.281. The molecular formula is C23H32F2N2. The first-order valence-electron chi connectivity index (χ1n) is 10.3. The largest absolute Gasteiger partial charge is 0.248 e. The third-order valence-corrected chi connectivity index (χ3v) is 4.88. The lowest BCUT2D eigenvalue weighted by molar-refractivity contribution is 0.334. The summed E-state index contributed by atoms with van der Waals surface area (Å²) in [5, 5.41) is 0. The van der Waals surface area contributed by atoms with Crippen LogP contribution in [0.15, 0.2) is 30.6 Å². The zero-order valence-corrected chi connectivity index (χ0v) is 16.7. The van der Waals surface area contributed by atoms with Gasteiger partial charge in [0.2, 0.25) is 0 Å². The second kappa shape index (κ2) is 11.8. The maximum absolute atomic E-state index is 14.3. The fourth-order valence-corrected chi connectivity index (χ4v) is 3.21. The molecule has 27 heavy (non-hydrogen) atoms. The van der Waals surface area contributed by atoms with Crippen molar-refractivity contribution in [3.8, 4) is 11.4 Å². The molecule has 0 aliphatic carbocycles. The summed E-state index contributed by atoms with van der Waals surface area (Å²) >= 11 is 0. The zero-order valence-electron chi connectivity index (χ0n) is 16.7. The Morgan fingerprint density at radius 1 is 0.926 bits per heavy atom. The highest BCUT2D eigenvalue weighted by atomic mass is 19.1. The minimum absolute atomic E-state index is 0.265. The van der Waals surface area contributed by atoms with Gasteiger partial charge >= 0.3 is 0 Å². The number of unbranched alkanes of at least 4 members (excludes halogenated alkanes) is 5. The van der Waals surface area contributed by atoms with Gasteiger partial charge in [-0.25, -0.2) is 18.7 Å². The lowest BCUT2D eigenvalue weighted by atomic mass is 10.0. The molecular weight excluding hydrogens is 342 g/mol. The standard InChI is InChI=1S/C23H32F2N2/c1-3-4-5-6-7-8-11-19-16-26-23(27-17-19)21-14-13-20(22(25)15-21)12-9-10-18(2)24/h13-18H,3-12H2,1-2H3. The van der Waals surface area contributed by atoms with Crippen molar-refractivity contribution < 1.29 is 8.78 Å². The van der Waals surface area contributed by atoms with E-state index in [1.165, 1.54) is 45.1 Å². The highest BCUT2D eigenvalue weighted by molar-refractivity contribution is 5.55. The number of alkyl halides is 1. The Morgan fingerprint density at radius 2 is 1.63 bits per heavy atom. The number of benzene rings is 1. The van der Waals surface area contributed by atoms with Crippen molar-refractivity contribution in [3.05, 3.63) is 47.5 Å². The second-order valence-electron chi connectivity index (χ2n) is 7.41. The Bertz CT molecular complexity index is 669. The van der Waals surface area contributed by atoms with E-state index in [0.717, 1.165) is 18.4 Å². The Labute approximate surface area is 162 Å². The molecule has 2 rings (SSSR count). The van der Waals surface area contributed by atoms with Gasteiger partial charge in [0.25, 0.3) is 0 Å². The predicted molar refractivity (Wildman–Crippen MR) is 108 cm³/mol. The van der Waals surface area contributed by atoms with Crippen LogP contribution in [-0.4, -0.2) is 16.1 Å².